The maximum Gasteiger partial charge on any atom is 0.234 e. The minimum Gasteiger partial charge on any atom is -0.474 e. The molecule has 0 amide bonds. The number of anilines is 1. The molecule has 0 spiro atoms. The summed E-state index contributed by atoms with van der Waals surface area (Å²) in [6.45, 7) is 11.1. The number of hydrogen-bond acceptors (Lipinski definition) is 5. The van der Waals surface area contributed by atoms with E-state index in [1.54, 1.807) is 12.4 Å². The van der Waals surface area contributed by atoms with Gasteiger partial charge in [0.25, 0.3) is 0 Å². The number of aromatic nitrogens is 2. The smallest absolute Gasteiger partial charge is 0.234 e. The molecule has 0 fully saturated rings. The molecule has 19 heavy (non-hydrogen) atoms. The summed E-state index contributed by atoms with van der Waals surface area (Å²) in [5.74, 6) is 1.23. The summed E-state index contributed by atoms with van der Waals surface area (Å²) in [5, 5.41) is 3.20. The van der Waals surface area contributed by atoms with E-state index < -0.39 is 0 Å². The van der Waals surface area contributed by atoms with Gasteiger partial charge in [-0.2, -0.15) is 4.98 Å². The van der Waals surface area contributed by atoms with Crippen LogP contribution < -0.4 is 15.8 Å². The fourth-order valence-corrected chi connectivity index (χ4v) is 1.83. The summed E-state index contributed by atoms with van der Waals surface area (Å²) in [5.41, 5.74) is 6.32. The van der Waals surface area contributed by atoms with Crippen molar-refractivity contribution in [2.45, 2.75) is 53.2 Å². The predicted octanol–water partition coefficient (Wildman–Crippen LogP) is 2.44. The van der Waals surface area contributed by atoms with Crippen molar-refractivity contribution in [3.63, 3.8) is 0 Å². The molecule has 0 radical (unpaired) electrons. The molecule has 1 aromatic rings. The van der Waals surface area contributed by atoms with Crippen molar-refractivity contribution in [2.24, 2.45) is 11.1 Å². The highest BCUT2D eigenvalue weighted by Gasteiger charge is 2.15. The zero-order valence-electron chi connectivity index (χ0n) is 12.6. The Morgan fingerprint density at radius 1 is 1.32 bits per heavy atom. The van der Waals surface area contributed by atoms with Gasteiger partial charge in [0.2, 0.25) is 5.88 Å². The third-order valence-corrected chi connectivity index (χ3v) is 2.39. The standard InChI is InChI=1S/C14H26N4O/c1-10(2)19-13-9-16-8-12(18-13)17-7-11(15)6-14(3,4)5/h8-11H,6-7,15H2,1-5H3,(H,17,18). The molecule has 1 atom stereocenters. The van der Waals surface area contributed by atoms with Gasteiger partial charge in [-0.1, -0.05) is 20.8 Å². The lowest BCUT2D eigenvalue weighted by Gasteiger charge is -2.23. The van der Waals surface area contributed by atoms with Crippen LogP contribution in [0.2, 0.25) is 0 Å². The van der Waals surface area contributed by atoms with Gasteiger partial charge >= 0.3 is 0 Å². The van der Waals surface area contributed by atoms with Gasteiger partial charge in [0, 0.05) is 12.6 Å². The molecule has 0 aliphatic carbocycles. The van der Waals surface area contributed by atoms with E-state index in [1.807, 2.05) is 13.8 Å². The maximum atomic E-state index is 6.08. The first-order valence-electron chi connectivity index (χ1n) is 6.74. The molecule has 1 aromatic heterocycles. The van der Waals surface area contributed by atoms with Gasteiger partial charge in [0.15, 0.2) is 0 Å². The summed E-state index contributed by atoms with van der Waals surface area (Å²) >= 11 is 0. The number of ether oxygens (including phenoxy) is 1. The topological polar surface area (TPSA) is 73.1 Å². The number of nitrogens with two attached hydrogens (primary N) is 1. The van der Waals surface area contributed by atoms with Gasteiger partial charge in [-0.05, 0) is 25.7 Å². The molecule has 0 bridgehead atoms. The summed E-state index contributed by atoms with van der Waals surface area (Å²) in [4.78, 5) is 8.43. The summed E-state index contributed by atoms with van der Waals surface area (Å²) in [7, 11) is 0. The lowest BCUT2D eigenvalue weighted by atomic mass is 9.88. The van der Waals surface area contributed by atoms with Crippen LogP contribution in [0.15, 0.2) is 12.4 Å². The molecule has 3 N–H and O–H groups in total. The molecule has 0 saturated heterocycles. The number of hydrogen-bond donors (Lipinski definition) is 2. The Labute approximate surface area is 116 Å². The normalized spacial score (nSPS) is 13.4. The van der Waals surface area contributed by atoms with Gasteiger partial charge in [0.05, 0.1) is 18.5 Å². The summed E-state index contributed by atoms with van der Waals surface area (Å²) < 4.78 is 5.50. The lowest BCUT2D eigenvalue weighted by Crippen LogP contribution is -2.33. The van der Waals surface area contributed by atoms with Gasteiger partial charge in [-0.15, -0.1) is 0 Å². The number of rotatable bonds is 6. The van der Waals surface area contributed by atoms with E-state index in [2.05, 4.69) is 36.1 Å². The molecular weight excluding hydrogens is 240 g/mol. The maximum absolute atomic E-state index is 6.08. The molecule has 1 unspecified atom stereocenters. The average molecular weight is 266 g/mol. The Hall–Kier alpha value is -1.36. The van der Waals surface area contributed by atoms with Gasteiger partial charge in [-0.25, -0.2) is 0 Å². The average Bonchev–Trinajstić information content (AvgIpc) is 2.23. The zero-order chi connectivity index (χ0) is 14.5. The summed E-state index contributed by atoms with van der Waals surface area (Å²) in [6, 6.07) is 0.0940. The van der Waals surface area contributed by atoms with Crippen molar-refractivity contribution >= 4 is 5.82 Å². The lowest BCUT2D eigenvalue weighted by molar-refractivity contribution is 0.232. The Bertz CT molecular complexity index is 387. The Kier molecular flexibility index (Phi) is 5.54. The van der Waals surface area contributed by atoms with Crippen LogP contribution in [0.25, 0.3) is 0 Å². The molecule has 0 aromatic carbocycles. The number of nitrogens with one attached hydrogen (secondary N) is 1. The quantitative estimate of drug-likeness (QED) is 0.827. The molecule has 108 valence electrons. The largest absolute Gasteiger partial charge is 0.474 e. The fourth-order valence-electron chi connectivity index (χ4n) is 1.83. The number of nitrogens with zero attached hydrogens (tertiary/aromatic N) is 2. The second kappa shape index (κ2) is 6.70. The van der Waals surface area contributed by atoms with E-state index >= 15 is 0 Å². The molecule has 0 aliphatic heterocycles. The second-order valence-electron chi connectivity index (χ2n) is 6.31. The molecule has 5 nitrogen and oxygen atoms in total. The van der Waals surface area contributed by atoms with Crippen LogP contribution in [0.1, 0.15) is 41.0 Å². The van der Waals surface area contributed by atoms with Crippen LogP contribution >= 0.6 is 0 Å². The zero-order valence-corrected chi connectivity index (χ0v) is 12.6. The van der Waals surface area contributed by atoms with Crippen LogP contribution in [0.5, 0.6) is 5.88 Å². The van der Waals surface area contributed by atoms with Crippen LogP contribution in [-0.4, -0.2) is 28.7 Å². The van der Waals surface area contributed by atoms with E-state index in [9.17, 15) is 0 Å². The molecule has 1 heterocycles. The highest BCUT2D eigenvalue weighted by Crippen LogP contribution is 2.20. The van der Waals surface area contributed by atoms with Crippen molar-refractivity contribution in [1.82, 2.24) is 9.97 Å². The van der Waals surface area contributed by atoms with Crippen molar-refractivity contribution in [2.75, 3.05) is 11.9 Å². The van der Waals surface area contributed by atoms with Crippen molar-refractivity contribution < 1.29 is 4.74 Å². The third-order valence-electron chi connectivity index (χ3n) is 2.39. The molecule has 5 heteroatoms. The highest BCUT2D eigenvalue weighted by molar-refractivity contribution is 5.33. The molecular formula is C14H26N4O. The van der Waals surface area contributed by atoms with E-state index in [-0.39, 0.29) is 17.6 Å². The first kappa shape index (κ1) is 15.7. The minimum atomic E-state index is 0.0905. The molecule has 0 saturated carbocycles. The van der Waals surface area contributed by atoms with Gasteiger partial charge in [0.1, 0.15) is 5.82 Å². The fraction of sp³-hybridized carbons (Fsp3) is 0.714. The van der Waals surface area contributed by atoms with Crippen molar-refractivity contribution in [3.8, 4) is 5.88 Å². The Balaban J connectivity index is 2.49. The second-order valence-corrected chi connectivity index (χ2v) is 6.31. The Morgan fingerprint density at radius 3 is 2.58 bits per heavy atom. The first-order valence-corrected chi connectivity index (χ1v) is 6.74. The van der Waals surface area contributed by atoms with Crippen LogP contribution in [0.4, 0.5) is 5.82 Å². The van der Waals surface area contributed by atoms with Gasteiger partial charge in [-0.3, -0.25) is 4.98 Å². The van der Waals surface area contributed by atoms with E-state index in [1.165, 1.54) is 0 Å². The van der Waals surface area contributed by atoms with Crippen molar-refractivity contribution in [3.05, 3.63) is 12.4 Å². The monoisotopic (exact) mass is 266 g/mol. The van der Waals surface area contributed by atoms with Gasteiger partial charge < -0.3 is 15.8 Å². The predicted molar refractivity (Wildman–Crippen MR) is 78.3 cm³/mol. The minimum absolute atomic E-state index is 0.0905. The van der Waals surface area contributed by atoms with E-state index in [0.717, 1.165) is 6.42 Å². The van der Waals surface area contributed by atoms with Crippen LogP contribution in [0.3, 0.4) is 0 Å². The van der Waals surface area contributed by atoms with E-state index in [4.69, 9.17) is 10.5 Å². The SMILES string of the molecule is CC(C)Oc1cncc(NCC(N)CC(C)(C)C)n1. The van der Waals surface area contributed by atoms with E-state index in [0.29, 0.717) is 18.2 Å². The Morgan fingerprint density at radius 2 is 2.00 bits per heavy atom. The summed E-state index contributed by atoms with van der Waals surface area (Å²) in [6.07, 6.45) is 4.33. The third kappa shape index (κ3) is 6.96. The highest BCUT2D eigenvalue weighted by atomic mass is 16.5. The molecule has 1 rings (SSSR count). The first-order chi connectivity index (χ1) is 8.76. The van der Waals surface area contributed by atoms with Crippen molar-refractivity contribution in [1.29, 1.82) is 0 Å². The van der Waals surface area contributed by atoms with Crippen LogP contribution in [-0.2, 0) is 0 Å². The molecule has 0 aliphatic rings. The van der Waals surface area contributed by atoms with Crippen LogP contribution in [0, 0.1) is 5.41 Å².